The average Bonchev–Trinajstić information content (AvgIpc) is 2.65. The van der Waals surface area contributed by atoms with Crippen LogP contribution >= 0.6 is 0 Å². The highest BCUT2D eigenvalue weighted by Gasteiger charge is 2.08. The molecule has 3 heteroatoms. The molecule has 0 heterocycles. The number of hydrogen-bond acceptors (Lipinski definition) is 2. The Kier molecular flexibility index (Phi) is 5.14. The third kappa shape index (κ3) is 4.27. The second-order valence-corrected chi connectivity index (χ2v) is 6.00. The summed E-state index contributed by atoms with van der Waals surface area (Å²) in [6.45, 7) is 4.55. The first-order chi connectivity index (χ1) is 12.1. The Morgan fingerprint density at radius 3 is 2.32 bits per heavy atom. The van der Waals surface area contributed by atoms with Crippen molar-refractivity contribution in [3.63, 3.8) is 0 Å². The summed E-state index contributed by atoms with van der Waals surface area (Å²) >= 11 is 0. The molecule has 0 aliphatic carbocycles. The molecule has 0 atom stereocenters. The van der Waals surface area contributed by atoms with Crippen molar-refractivity contribution in [2.45, 2.75) is 20.5 Å². The van der Waals surface area contributed by atoms with E-state index in [4.69, 9.17) is 4.74 Å². The molecule has 0 spiro atoms. The lowest BCUT2D eigenvalue weighted by molar-refractivity contribution is 0.102. The van der Waals surface area contributed by atoms with Gasteiger partial charge in [-0.2, -0.15) is 0 Å². The number of rotatable bonds is 5. The number of benzene rings is 3. The molecule has 25 heavy (non-hydrogen) atoms. The summed E-state index contributed by atoms with van der Waals surface area (Å²) in [5, 5.41) is 2.96. The number of hydrogen-bond donors (Lipinski definition) is 1. The number of ether oxygens (including phenoxy) is 1. The maximum absolute atomic E-state index is 12.4. The third-order valence-electron chi connectivity index (χ3n) is 4.22. The van der Waals surface area contributed by atoms with Gasteiger partial charge in [-0.05, 0) is 60.9 Å². The summed E-state index contributed by atoms with van der Waals surface area (Å²) in [6.07, 6.45) is 0. The molecule has 0 radical (unpaired) electrons. The zero-order chi connectivity index (χ0) is 17.6. The summed E-state index contributed by atoms with van der Waals surface area (Å²) in [5.74, 6) is 0.621. The highest BCUT2D eigenvalue weighted by atomic mass is 16.5. The normalized spacial score (nSPS) is 10.3. The van der Waals surface area contributed by atoms with Crippen LogP contribution in [0.15, 0.2) is 72.8 Å². The molecule has 1 N–H and O–H groups in total. The molecular weight excluding hydrogens is 310 g/mol. The lowest BCUT2D eigenvalue weighted by atomic mass is 10.1. The van der Waals surface area contributed by atoms with Crippen LogP contribution in [0.5, 0.6) is 5.75 Å². The first-order valence-electron chi connectivity index (χ1n) is 8.28. The zero-order valence-electron chi connectivity index (χ0n) is 14.5. The minimum Gasteiger partial charge on any atom is -0.489 e. The number of amides is 1. The molecule has 3 aromatic carbocycles. The van der Waals surface area contributed by atoms with Gasteiger partial charge in [-0.3, -0.25) is 4.79 Å². The number of nitrogens with one attached hydrogen (secondary N) is 1. The molecule has 0 unspecified atom stereocenters. The van der Waals surface area contributed by atoms with Crippen LogP contribution in [-0.4, -0.2) is 5.91 Å². The molecule has 0 aliphatic heterocycles. The average molecular weight is 331 g/mol. The highest BCUT2D eigenvalue weighted by molar-refractivity contribution is 6.04. The van der Waals surface area contributed by atoms with E-state index in [0.29, 0.717) is 12.2 Å². The van der Waals surface area contributed by atoms with E-state index in [2.05, 4.69) is 5.32 Å². The van der Waals surface area contributed by atoms with Gasteiger partial charge in [-0.1, -0.05) is 42.5 Å². The fraction of sp³-hybridized carbons (Fsp3) is 0.136. The second-order valence-electron chi connectivity index (χ2n) is 6.00. The number of aryl methyl sites for hydroxylation is 1. The molecule has 0 bridgehead atoms. The fourth-order valence-corrected chi connectivity index (χ4v) is 2.52. The minimum atomic E-state index is -0.122. The van der Waals surface area contributed by atoms with Crippen LogP contribution in [-0.2, 0) is 6.61 Å². The van der Waals surface area contributed by atoms with E-state index < -0.39 is 0 Å². The number of carbonyl (C=O) groups is 1. The van der Waals surface area contributed by atoms with Crippen molar-refractivity contribution in [1.29, 1.82) is 0 Å². The van der Waals surface area contributed by atoms with Crippen molar-refractivity contribution < 1.29 is 9.53 Å². The molecule has 0 saturated heterocycles. The Balaban J connectivity index is 1.63. The van der Waals surface area contributed by atoms with Gasteiger partial charge in [-0.15, -0.1) is 0 Å². The first kappa shape index (κ1) is 16.8. The summed E-state index contributed by atoms with van der Waals surface area (Å²) in [7, 11) is 0. The van der Waals surface area contributed by atoms with Crippen LogP contribution in [0, 0.1) is 13.8 Å². The van der Waals surface area contributed by atoms with Gasteiger partial charge in [0.25, 0.3) is 5.91 Å². The van der Waals surface area contributed by atoms with Crippen molar-refractivity contribution >= 4 is 11.6 Å². The summed E-state index contributed by atoms with van der Waals surface area (Å²) in [5.41, 5.74) is 4.79. The molecular formula is C22H21NO2. The third-order valence-corrected chi connectivity index (χ3v) is 4.22. The number of anilines is 1. The van der Waals surface area contributed by atoms with E-state index in [1.807, 2.05) is 74.5 Å². The van der Waals surface area contributed by atoms with E-state index in [0.717, 1.165) is 28.1 Å². The highest BCUT2D eigenvalue weighted by Crippen LogP contribution is 2.20. The van der Waals surface area contributed by atoms with Crippen molar-refractivity contribution in [3.05, 3.63) is 95.1 Å². The van der Waals surface area contributed by atoms with E-state index in [-0.39, 0.29) is 5.91 Å². The van der Waals surface area contributed by atoms with Gasteiger partial charge in [0.2, 0.25) is 0 Å². The van der Waals surface area contributed by atoms with Gasteiger partial charge in [0.05, 0.1) is 0 Å². The lowest BCUT2D eigenvalue weighted by Crippen LogP contribution is -2.13. The molecule has 3 aromatic rings. The van der Waals surface area contributed by atoms with Gasteiger partial charge >= 0.3 is 0 Å². The standard InChI is InChI=1S/C22H21NO2/c1-16-7-6-10-21(17(16)2)23-22(24)19-11-13-20(14-12-19)25-15-18-8-4-3-5-9-18/h3-14H,15H2,1-2H3,(H,23,24). The SMILES string of the molecule is Cc1cccc(NC(=O)c2ccc(OCc3ccccc3)cc2)c1C. The molecule has 0 aliphatic rings. The van der Waals surface area contributed by atoms with Crippen LogP contribution in [0.25, 0.3) is 0 Å². The van der Waals surface area contributed by atoms with Gasteiger partial charge in [-0.25, -0.2) is 0 Å². The lowest BCUT2D eigenvalue weighted by Gasteiger charge is -2.11. The predicted octanol–water partition coefficient (Wildman–Crippen LogP) is 5.13. The Bertz CT molecular complexity index is 855. The molecule has 0 saturated carbocycles. The first-order valence-corrected chi connectivity index (χ1v) is 8.28. The molecule has 3 nitrogen and oxygen atoms in total. The van der Waals surface area contributed by atoms with E-state index in [9.17, 15) is 4.79 Å². The molecule has 126 valence electrons. The predicted molar refractivity (Wildman–Crippen MR) is 101 cm³/mol. The Hall–Kier alpha value is -3.07. The summed E-state index contributed by atoms with van der Waals surface area (Å²) in [6, 6.07) is 23.1. The number of carbonyl (C=O) groups excluding carboxylic acids is 1. The molecule has 3 rings (SSSR count). The monoisotopic (exact) mass is 331 g/mol. The fourth-order valence-electron chi connectivity index (χ4n) is 2.52. The molecule has 0 aromatic heterocycles. The van der Waals surface area contributed by atoms with Crippen LogP contribution in [0.3, 0.4) is 0 Å². The molecule has 1 amide bonds. The Labute approximate surface area is 148 Å². The largest absolute Gasteiger partial charge is 0.489 e. The quantitative estimate of drug-likeness (QED) is 0.703. The van der Waals surface area contributed by atoms with Crippen molar-refractivity contribution in [1.82, 2.24) is 0 Å². The van der Waals surface area contributed by atoms with Crippen molar-refractivity contribution in [2.24, 2.45) is 0 Å². The van der Waals surface area contributed by atoms with Crippen LogP contribution in [0.4, 0.5) is 5.69 Å². The van der Waals surface area contributed by atoms with Gasteiger partial charge in [0, 0.05) is 11.3 Å². The summed E-state index contributed by atoms with van der Waals surface area (Å²) in [4.78, 5) is 12.4. The van der Waals surface area contributed by atoms with Crippen LogP contribution in [0.1, 0.15) is 27.0 Å². The van der Waals surface area contributed by atoms with E-state index >= 15 is 0 Å². The van der Waals surface area contributed by atoms with E-state index in [1.54, 1.807) is 12.1 Å². The minimum absolute atomic E-state index is 0.122. The summed E-state index contributed by atoms with van der Waals surface area (Å²) < 4.78 is 5.75. The topological polar surface area (TPSA) is 38.3 Å². The Morgan fingerprint density at radius 2 is 1.60 bits per heavy atom. The van der Waals surface area contributed by atoms with Crippen molar-refractivity contribution in [3.8, 4) is 5.75 Å². The maximum atomic E-state index is 12.4. The zero-order valence-corrected chi connectivity index (χ0v) is 14.5. The van der Waals surface area contributed by atoms with Crippen LogP contribution < -0.4 is 10.1 Å². The Morgan fingerprint density at radius 1 is 0.880 bits per heavy atom. The maximum Gasteiger partial charge on any atom is 0.255 e. The van der Waals surface area contributed by atoms with Gasteiger partial charge in [0.15, 0.2) is 0 Å². The molecule has 0 fully saturated rings. The van der Waals surface area contributed by atoms with Gasteiger partial charge in [0.1, 0.15) is 12.4 Å². The van der Waals surface area contributed by atoms with Crippen molar-refractivity contribution in [2.75, 3.05) is 5.32 Å². The van der Waals surface area contributed by atoms with E-state index in [1.165, 1.54) is 0 Å². The second kappa shape index (κ2) is 7.67. The van der Waals surface area contributed by atoms with Crippen LogP contribution in [0.2, 0.25) is 0 Å². The van der Waals surface area contributed by atoms with Gasteiger partial charge < -0.3 is 10.1 Å². The smallest absolute Gasteiger partial charge is 0.255 e.